The Morgan fingerprint density at radius 3 is 2.62 bits per heavy atom. The number of rotatable bonds is 7. The second-order valence-corrected chi connectivity index (χ2v) is 7.85. The van der Waals surface area contributed by atoms with Crippen molar-refractivity contribution in [1.82, 2.24) is 4.90 Å². The lowest BCUT2D eigenvalue weighted by molar-refractivity contribution is 0.147. The highest BCUT2D eigenvalue weighted by molar-refractivity contribution is 6.31. The third-order valence-corrected chi connectivity index (χ3v) is 5.65. The van der Waals surface area contributed by atoms with Crippen molar-refractivity contribution >= 4 is 33.5 Å². The standard InChI is InChI=1S/C24H22ClNO6/c1-3-26(8-9-30-2)13-19-20(27)6-5-16-17(12-22(28)32-23(16)19)18-11-14-10-15(25)4-7-21(14)31-24(18)29/h4-7,10-12,27H,3,8-9,13H2,1-2H3. The van der Waals surface area contributed by atoms with E-state index < -0.39 is 11.3 Å². The number of hydrogen-bond acceptors (Lipinski definition) is 7. The van der Waals surface area contributed by atoms with Crippen molar-refractivity contribution in [3.05, 3.63) is 73.9 Å². The maximum Gasteiger partial charge on any atom is 0.344 e. The van der Waals surface area contributed by atoms with Crippen molar-refractivity contribution in [2.24, 2.45) is 0 Å². The summed E-state index contributed by atoms with van der Waals surface area (Å²) in [6, 6.07) is 11.0. The molecule has 8 heteroatoms. The first-order chi connectivity index (χ1) is 15.4. The summed E-state index contributed by atoms with van der Waals surface area (Å²) in [6.07, 6.45) is 0. The summed E-state index contributed by atoms with van der Waals surface area (Å²) in [7, 11) is 1.62. The van der Waals surface area contributed by atoms with E-state index in [9.17, 15) is 14.7 Å². The molecule has 0 unspecified atom stereocenters. The molecule has 0 aliphatic heterocycles. The van der Waals surface area contributed by atoms with Crippen LogP contribution in [0.3, 0.4) is 0 Å². The number of hydrogen-bond donors (Lipinski definition) is 1. The number of ether oxygens (including phenoxy) is 1. The Morgan fingerprint density at radius 2 is 1.88 bits per heavy atom. The molecular formula is C24H22ClNO6. The third kappa shape index (κ3) is 4.27. The molecule has 2 aromatic carbocycles. The first-order valence-electron chi connectivity index (χ1n) is 10.1. The van der Waals surface area contributed by atoms with E-state index in [2.05, 4.69) is 4.90 Å². The molecular weight excluding hydrogens is 434 g/mol. The van der Waals surface area contributed by atoms with Gasteiger partial charge in [0.1, 0.15) is 16.9 Å². The van der Waals surface area contributed by atoms with Gasteiger partial charge in [-0.1, -0.05) is 18.5 Å². The van der Waals surface area contributed by atoms with Crippen LogP contribution in [0.25, 0.3) is 33.1 Å². The minimum Gasteiger partial charge on any atom is -0.507 e. The zero-order valence-corrected chi connectivity index (χ0v) is 18.4. The minimum absolute atomic E-state index is 0.00555. The molecule has 166 valence electrons. The number of methoxy groups -OCH3 is 1. The van der Waals surface area contributed by atoms with Gasteiger partial charge in [-0.2, -0.15) is 0 Å². The van der Waals surface area contributed by atoms with Crippen LogP contribution in [0.2, 0.25) is 5.02 Å². The SMILES string of the molecule is CCN(CCOC)Cc1c(O)ccc2c(-c3cc4cc(Cl)ccc4oc3=O)cc(=O)oc12. The average molecular weight is 456 g/mol. The van der Waals surface area contributed by atoms with Gasteiger partial charge in [0.05, 0.1) is 17.7 Å². The number of aromatic hydroxyl groups is 1. The Morgan fingerprint density at radius 1 is 1.06 bits per heavy atom. The molecule has 0 aliphatic rings. The molecule has 0 spiro atoms. The van der Waals surface area contributed by atoms with E-state index in [1.165, 1.54) is 12.1 Å². The molecule has 0 amide bonds. The van der Waals surface area contributed by atoms with Crippen LogP contribution in [0.1, 0.15) is 12.5 Å². The van der Waals surface area contributed by atoms with E-state index in [1.807, 2.05) is 6.92 Å². The fraction of sp³-hybridized carbons (Fsp3) is 0.250. The van der Waals surface area contributed by atoms with Crippen LogP contribution in [0, 0.1) is 0 Å². The van der Waals surface area contributed by atoms with Gasteiger partial charge in [0.2, 0.25) is 0 Å². The molecule has 0 atom stereocenters. The number of phenolic OH excluding ortho intramolecular Hbond substituents is 1. The predicted molar refractivity (Wildman–Crippen MR) is 123 cm³/mol. The van der Waals surface area contributed by atoms with Gasteiger partial charge >= 0.3 is 11.3 Å². The van der Waals surface area contributed by atoms with Crippen molar-refractivity contribution < 1.29 is 18.7 Å². The smallest absolute Gasteiger partial charge is 0.344 e. The van der Waals surface area contributed by atoms with E-state index in [-0.39, 0.29) is 16.9 Å². The number of benzene rings is 2. The molecule has 32 heavy (non-hydrogen) atoms. The zero-order chi connectivity index (χ0) is 22.8. The Hall–Kier alpha value is -3.13. The monoisotopic (exact) mass is 455 g/mol. The summed E-state index contributed by atoms with van der Waals surface area (Å²) in [5.41, 5.74) is 0.447. The molecule has 0 fully saturated rings. The first-order valence-corrected chi connectivity index (χ1v) is 10.5. The topological polar surface area (TPSA) is 93.1 Å². The molecule has 2 aromatic heterocycles. The van der Waals surface area contributed by atoms with E-state index in [0.29, 0.717) is 58.7 Å². The van der Waals surface area contributed by atoms with Gasteiger partial charge in [0.15, 0.2) is 0 Å². The van der Waals surface area contributed by atoms with Gasteiger partial charge in [-0.15, -0.1) is 0 Å². The van der Waals surface area contributed by atoms with Gasteiger partial charge < -0.3 is 18.7 Å². The second-order valence-electron chi connectivity index (χ2n) is 7.41. The maximum atomic E-state index is 12.8. The third-order valence-electron chi connectivity index (χ3n) is 5.42. The quantitative estimate of drug-likeness (QED) is 0.413. The van der Waals surface area contributed by atoms with Crippen molar-refractivity contribution in [2.75, 3.05) is 26.8 Å². The van der Waals surface area contributed by atoms with Crippen LogP contribution in [0.5, 0.6) is 5.75 Å². The summed E-state index contributed by atoms with van der Waals surface area (Å²) in [6.45, 7) is 4.21. The minimum atomic E-state index is -0.634. The van der Waals surface area contributed by atoms with Crippen molar-refractivity contribution in [2.45, 2.75) is 13.5 Å². The maximum absolute atomic E-state index is 12.8. The van der Waals surface area contributed by atoms with E-state index in [1.54, 1.807) is 37.4 Å². The lowest BCUT2D eigenvalue weighted by Gasteiger charge is -2.21. The number of phenols is 1. The highest BCUT2D eigenvalue weighted by Gasteiger charge is 2.19. The first kappa shape index (κ1) is 22.1. The zero-order valence-electron chi connectivity index (χ0n) is 17.7. The average Bonchev–Trinajstić information content (AvgIpc) is 2.77. The lowest BCUT2D eigenvalue weighted by atomic mass is 9.99. The molecule has 0 saturated carbocycles. The van der Waals surface area contributed by atoms with Crippen LogP contribution >= 0.6 is 11.6 Å². The highest BCUT2D eigenvalue weighted by Crippen LogP contribution is 2.34. The lowest BCUT2D eigenvalue weighted by Crippen LogP contribution is -2.27. The van der Waals surface area contributed by atoms with Gasteiger partial charge in [-0.05, 0) is 42.9 Å². The van der Waals surface area contributed by atoms with Gasteiger partial charge in [-0.25, -0.2) is 9.59 Å². The predicted octanol–water partition coefficient (Wildman–Crippen LogP) is 4.39. The van der Waals surface area contributed by atoms with E-state index in [0.717, 1.165) is 0 Å². The largest absolute Gasteiger partial charge is 0.507 e. The Labute approximate surface area is 188 Å². The summed E-state index contributed by atoms with van der Waals surface area (Å²) in [5, 5.41) is 12.2. The van der Waals surface area contributed by atoms with Crippen LogP contribution in [0.4, 0.5) is 0 Å². The Kier molecular flexibility index (Phi) is 6.32. The summed E-state index contributed by atoms with van der Waals surface area (Å²) >= 11 is 6.09. The second kappa shape index (κ2) is 9.16. The molecule has 1 N–H and O–H groups in total. The van der Waals surface area contributed by atoms with E-state index in [4.69, 9.17) is 25.2 Å². The molecule has 4 rings (SSSR count). The molecule has 4 aromatic rings. The molecule has 0 radical (unpaired) electrons. The normalized spacial score (nSPS) is 11.6. The van der Waals surface area contributed by atoms with Crippen molar-refractivity contribution in [1.29, 1.82) is 0 Å². The number of nitrogens with zero attached hydrogens (tertiary/aromatic N) is 1. The van der Waals surface area contributed by atoms with E-state index >= 15 is 0 Å². The summed E-state index contributed by atoms with van der Waals surface area (Å²) in [5.74, 6) is 0.00555. The molecule has 0 aliphatic carbocycles. The molecule has 7 nitrogen and oxygen atoms in total. The fourth-order valence-electron chi connectivity index (χ4n) is 3.72. The van der Waals surface area contributed by atoms with Crippen molar-refractivity contribution in [3.8, 4) is 16.9 Å². The number of likely N-dealkylation sites (N-methyl/N-ethyl adjacent to an activating group) is 1. The van der Waals surface area contributed by atoms with Gasteiger partial charge in [0, 0.05) is 47.6 Å². The van der Waals surface area contributed by atoms with Gasteiger partial charge in [-0.3, -0.25) is 4.90 Å². The van der Waals surface area contributed by atoms with Crippen LogP contribution in [0.15, 0.2) is 60.9 Å². The summed E-state index contributed by atoms with van der Waals surface area (Å²) in [4.78, 5) is 27.3. The molecule has 0 bridgehead atoms. The summed E-state index contributed by atoms with van der Waals surface area (Å²) < 4.78 is 16.1. The fourth-order valence-corrected chi connectivity index (χ4v) is 3.90. The van der Waals surface area contributed by atoms with Crippen LogP contribution < -0.4 is 11.3 Å². The van der Waals surface area contributed by atoms with Gasteiger partial charge in [0.25, 0.3) is 0 Å². The van der Waals surface area contributed by atoms with Crippen LogP contribution in [-0.4, -0.2) is 36.8 Å². The molecule has 2 heterocycles. The number of halogens is 1. The van der Waals surface area contributed by atoms with Crippen LogP contribution in [-0.2, 0) is 11.3 Å². The highest BCUT2D eigenvalue weighted by atomic mass is 35.5. The number of fused-ring (bicyclic) bond motifs is 2. The Bertz CT molecular complexity index is 1410. The Balaban J connectivity index is 1.93. The van der Waals surface area contributed by atoms with Crippen molar-refractivity contribution in [3.63, 3.8) is 0 Å². The molecule has 0 saturated heterocycles.